The molecule has 2 heterocycles. The maximum absolute atomic E-state index is 13.4. The van der Waals surface area contributed by atoms with Crippen LogP contribution in [0.15, 0.2) is 47.4 Å². The van der Waals surface area contributed by atoms with Gasteiger partial charge in [-0.05, 0) is 55.2 Å². The van der Waals surface area contributed by atoms with E-state index in [0.29, 0.717) is 44.6 Å². The number of nitrogens with zero attached hydrogens (tertiary/aromatic N) is 4. The zero-order valence-corrected chi connectivity index (χ0v) is 20.1. The van der Waals surface area contributed by atoms with Gasteiger partial charge >= 0.3 is 0 Å². The van der Waals surface area contributed by atoms with E-state index < -0.39 is 16.1 Å². The molecule has 1 atom stereocenters. The molecule has 2 aromatic carbocycles. The van der Waals surface area contributed by atoms with Gasteiger partial charge in [0.2, 0.25) is 15.9 Å². The van der Waals surface area contributed by atoms with Gasteiger partial charge < -0.3 is 14.8 Å². The van der Waals surface area contributed by atoms with Crippen LogP contribution in [-0.2, 0) is 32.6 Å². The number of amides is 1. The normalized spacial score (nSPS) is 16.7. The number of nitrogens with one attached hydrogen (secondary N) is 1. The molecule has 1 saturated heterocycles. The quantitative estimate of drug-likeness (QED) is 0.435. The smallest absolute Gasteiger partial charge is 0.243 e. The van der Waals surface area contributed by atoms with Gasteiger partial charge in [-0.3, -0.25) is 4.79 Å². The Morgan fingerprint density at radius 3 is 2.71 bits per heavy atom. The fraction of sp³-hybridized carbons (Fsp3) is 0.435. The zero-order chi connectivity index (χ0) is 24.1. The summed E-state index contributed by atoms with van der Waals surface area (Å²) in [7, 11) is -0.637. The Hall–Kier alpha value is -3.02. The van der Waals surface area contributed by atoms with Crippen molar-refractivity contribution in [1.82, 2.24) is 24.6 Å². The van der Waals surface area contributed by atoms with Crippen molar-refractivity contribution >= 4 is 27.0 Å². The number of sulfonamides is 1. The Balaban J connectivity index is 1.47. The molecular weight excluding hydrogens is 458 g/mol. The first kappa shape index (κ1) is 24.1. The number of carbonyl (C=O) groups excluding carboxylic acids is 1. The van der Waals surface area contributed by atoms with Crippen molar-refractivity contribution in [3.8, 4) is 5.75 Å². The Morgan fingerprint density at radius 1 is 1.18 bits per heavy atom. The van der Waals surface area contributed by atoms with Crippen LogP contribution in [0.2, 0.25) is 0 Å². The minimum atomic E-state index is -3.87. The molecule has 1 fully saturated rings. The number of rotatable bonds is 10. The maximum atomic E-state index is 13.4. The molecule has 0 unspecified atom stereocenters. The Bertz CT molecular complexity index is 1240. The molecule has 1 aliphatic rings. The van der Waals surface area contributed by atoms with Crippen LogP contribution in [0.25, 0.3) is 11.0 Å². The van der Waals surface area contributed by atoms with Crippen LogP contribution in [0.4, 0.5) is 0 Å². The number of hydrogen-bond donors (Lipinski definition) is 1. The summed E-state index contributed by atoms with van der Waals surface area (Å²) in [6.07, 6.45) is 1.87. The second-order valence-corrected chi connectivity index (χ2v) is 10.0. The molecule has 0 bridgehead atoms. The van der Waals surface area contributed by atoms with E-state index in [-0.39, 0.29) is 10.8 Å². The van der Waals surface area contributed by atoms with Crippen LogP contribution >= 0.6 is 0 Å². The van der Waals surface area contributed by atoms with E-state index in [1.54, 1.807) is 31.0 Å². The van der Waals surface area contributed by atoms with Crippen molar-refractivity contribution in [2.24, 2.45) is 0 Å². The van der Waals surface area contributed by atoms with Gasteiger partial charge in [-0.2, -0.15) is 4.31 Å². The highest BCUT2D eigenvalue weighted by atomic mass is 32.2. The third-order valence-electron chi connectivity index (χ3n) is 5.94. The van der Waals surface area contributed by atoms with Gasteiger partial charge in [-0.15, -0.1) is 5.10 Å². The average Bonchev–Trinajstić information content (AvgIpc) is 3.51. The van der Waals surface area contributed by atoms with Crippen molar-refractivity contribution in [2.45, 2.75) is 43.3 Å². The van der Waals surface area contributed by atoms with Crippen LogP contribution < -0.4 is 10.1 Å². The van der Waals surface area contributed by atoms with E-state index in [1.807, 2.05) is 24.3 Å². The van der Waals surface area contributed by atoms with Gasteiger partial charge in [0.15, 0.2) is 0 Å². The molecule has 0 aliphatic carbocycles. The van der Waals surface area contributed by atoms with Gasteiger partial charge in [-0.25, -0.2) is 13.1 Å². The minimum absolute atomic E-state index is 0.110. The Morgan fingerprint density at radius 2 is 1.97 bits per heavy atom. The monoisotopic (exact) mass is 487 g/mol. The van der Waals surface area contributed by atoms with Gasteiger partial charge in [0.25, 0.3) is 0 Å². The van der Waals surface area contributed by atoms with Crippen LogP contribution in [0.5, 0.6) is 5.75 Å². The van der Waals surface area contributed by atoms with Crippen LogP contribution in [0, 0.1) is 0 Å². The largest absolute Gasteiger partial charge is 0.497 e. The Kier molecular flexibility index (Phi) is 7.44. The molecule has 0 spiro atoms. The maximum Gasteiger partial charge on any atom is 0.243 e. The fourth-order valence-electron chi connectivity index (χ4n) is 4.11. The summed E-state index contributed by atoms with van der Waals surface area (Å²) in [6, 6.07) is 11.4. The topological polar surface area (TPSA) is 116 Å². The van der Waals surface area contributed by atoms with Crippen molar-refractivity contribution in [3.05, 3.63) is 48.0 Å². The summed E-state index contributed by atoms with van der Waals surface area (Å²) in [5, 5.41) is 11.1. The third kappa shape index (κ3) is 5.06. The van der Waals surface area contributed by atoms with Crippen LogP contribution in [0.3, 0.4) is 0 Å². The molecule has 11 heteroatoms. The number of carbonyl (C=O) groups is 1. The summed E-state index contributed by atoms with van der Waals surface area (Å²) in [5.74, 6) is 0.428. The number of hydrogen-bond acceptors (Lipinski definition) is 7. The summed E-state index contributed by atoms with van der Waals surface area (Å²) in [4.78, 5) is 13.0. The average molecular weight is 488 g/mol. The number of benzene rings is 2. The predicted molar refractivity (Wildman–Crippen MR) is 126 cm³/mol. The van der Waals surface area contributed by atoms with Crippen LogP contribution in [-0.4, -0.2) is 67.0 Å². The lowest BCUT2D eigenvalue weighted by Gasteiger charge is -2.23. The number of fused-ring (bicyclic) bond motifs is 1. The number of methoxy groups -OCH3 is 2. The van der Waals surface area contributed by atoms with E-state index in [9.17, 15) is 13.2 Å². The summed E-state index contributed by atoms with van der Waals surface area (Å²) in [6.45, 7) is 1.83. The molecule has 1 aliphatic heterocycles. The second-order valence-electron chi connectivity index (χ2n) is 8.15. The van der Waals surface area contributed by atoms with E-state index in [0.717, 1.165) is 23.3 Å². The molecule has 1 amide bonds. The third-order valence-corrected chi connectivity index (χ3v) is 7.85. The molecule has 0 saturated carbocycles. The molecule has 1 N–H and O–H groups in total. The molecule has 0 radical (unpaired) electrons. The van der Waals surface area contributed by atoms with Gasteiger partial charge in [0.05, 0.1) is 17.5 Å². The lowest BCUT2D eigenvalue weighted by atomic mass is 10.2. The Labute approximate surface area is 198 Å². The first-order valence-electron chi connectivity index (χ1n) is 11.2. The molecule has 182 valence electrons. The summed E-state index contributed by atoms with van der Waals surface area (Å²) in [5.41, 5.74) is 2.16. The van der Waals surface area contributed by atoms with Crippen molar-refractivity contribution in [2.75, 3.05) is 27.4 Å². The van der Waals surface area contributed by atoms with Crippen molar-refractivity contribution in [3.63, 3.8) is 0 Å². The first-order valence-corrected chi connectivity index (χ1v) is 12.6. The van der Waals surface area contributed by atoms with E-state index in [1.165, 1.54) is 10.4 Å². The number of aryl methyl sites for hydroxylation is 1. The molecule has 1 aromatic heterocycles. The molecule has 3 aromatic rings. The SMILES string of the molecule is COCCCn1nnc2cc(S(=O)(=O)N3CCC[C@H]3C(=O)NCc3ccc(OC)cc3)ccc21. The van der Waals surface area contributed by atoms with Gasteiger partial charge in [-0.1, -0.05) is 17.3 Å². The highest BCUT2D eigenvalue weighted by Crippen LogP contribution is 2.28. The zero-order valence-electron chi connectivity index (χ0n) is 19.3. The van der Waals surface area contributed by atoms with Crippen LogP contribution in [0.1, 0.15) is 24.8 Å². The number of ether oxygens (including phenoxy) is 2. The van der Waals surface area contributed by atoms with Gasteiger partial charge in [0.1, 0.15) is 17.3 Å². The van der Waals surface area contributed by atoms with Crippen molar-refractivity contribution < 1.29 is 22.7 Å². The van der Waals surface area contributed by atoms with E-state index in [2.05, 4.69) is 15.6 Å². The lowest BCUT2D eigenvalue weighted by molar-refractivity contribution is -0.124. The molecule has 10 nitrogen and oxygen atoms in total. The lowest BCUT2D eigenvalue weighted by Crippen LogP contribution is -2.45. The standard InChI is InChI=1S/C23H29N5O5S/c1-32-14-4-12-27-21-11-10-19(15-20(21)25-26-27)34(30,31)28-13-3-5-22(28)23(29)24-16-17-6-8-18(33-2)9-7-17/h6-11,15,22H,3-5,12-14,16H2,1-2H3,(H,24,29)/t22-/m0/s1. The fourth-order valence-corrected chi connectivity index (χ4v) is 5.79. The van der Waals surface area contributed by atoms with Crippen molar-refractivity contribution in [1.29, 1.82) is 0 Å². The van der Waals surface area contributed by atoms with E-state index in [4.69, 9.17) is 9.47 Å². The predicted octanol–water partition coefficient (Wildman–Crippen LogP) is 1.95. The summed E-state index contributed by atoms with van der Waals surface area (Å²) >= 11 is 0. The number of aromatic nitrogens is 3. The first-order chi connectivity index (χ1) is 16.4. The molecule has 34 heavy (non-hydrogen) atoms. The highest BCUT2D eigenvalue weighted by molar-refractivity contribution is 7.89. The second kappa shape index (κ2) is 10.5. The molecule has 4 rings (SSSR count). The highest BCUT2D eigenvalue weighted by Gasteiger charge is 2.39. The minimum Gasteiger partial charge on any atom is -0.497 e. The summed E-state index contributed by atoms with van der Waals surface area (Å²) < 4.78 is 40.1. The van der Waals surface area contributed by atoms with E-state index >= 15 is 0 Å². The molecular formula is C23H29N5O5S. The van der Waals surface area contributed by atoms with Gasteiger partial charge in [0, 0.05) is 33.4 Å².